The Labute approximate surface area is 219 Å². The van der Waals surface area contributed by atoms with Gasteiger partial charge in [0, 0.05) is 41.2 Å². The lowest BCUT2D eigenvalue weighted by Gasteiger charge is -2.35. The predicted octanol–water partition coefficient (Wildman–Crippen LogP) is 6.24. The van der Waals surface area contributed by atoms with E-state index in [9.17, 15) is 4.79 Å². The SMILES string of the molecule is CC1CN(CC=O)CCC1c1csc(Nc2ncc(Sc3ccccn3)cc2Oc2ccccc2)n1. The fraction of sp³-hybridized carbons (Fsp3) is 0.259. The summed E-state index contributed by atoms with van der Waals surface area (Å²) in [4.78, 5) is 28.0. The minimum absolute atomic E-state index is 0.379. The van der Waals surface area contributed by atoms with Crippen LogP contribution >= 0.6 is 23.1 Å². The van der Waals surface area contributed by atoms with E-state index in [4.69, 9.17) is 9.72 Å². The van der Waals surface area contributed by atoms with Gasteiger partial charge in [-0.25, -0.2) is 15.0 Å². The molecule has 36 heavy (non-hydrogen) atoms. The lowest BCUT2D eigenvalue weighted by atomic mass is 9.85. The van der Waals surface area contributed by atoms with Gasteiger partial charge in [-0.05, 0) is 43.1 Å². The Morgan fingerprint density at radius 1 is 1.19 bits per heavy atom. The molecule has 0 saturated carbocycles. The minimum Gasteiger partial charge on any atom is -0.453 e. The van der Waals surface area contributed by atoms with E-state index >= 15 is 0 Å². The van der Waals surface area contributed by atoms with Crippen LogP contribution in [-0.4, -0.2) is 45.8 Å². The molecule has 1 aromatic carbocycles. The smallest absolute Gasteiger partial charge is 0.188 e. The van der Waals surface area contributed by atoms with E-state index in [0.29, 0.717) is 29.9 Å². The number of nitrogens with one attached hydrogen (secondary N) is 1. The number of likely N-dealkylation sites (tertiary alicyclic amines) is 1. The van der Waals surface area contributed by atoms with Crippen molar-refractivity contribution < 1.29 is 9.53 Å². The summed E-state index contributed by atoms with van der Waals surface area (Å²) in [6.45, 7) is 4.57. The van der Waals surface area contributed by atoms with E-state index in [0.717, 1.165) is 52.3 Å². The second-order valence-corrected chi connectivity index (χ2v) is 10.7. The van der Waals surface area contributed by atoms with Crippen molar-refractivity contribution in [1.82, 2.24) is 19.9 Å². The molecule has 5 rings (SSSR count). The summed E-state index contributed by atoms with van der Waals surface area (Å²) in [7, 11) is 0. The summed E-state index contributed by atoms with van der Waals surface area (Å²) in [5.74, 6) is 2.78. The molecule has 2 unspecified atom stereocenters. The monoisotopic (exact) mass is 517 g/mol. The zero-order valence-electron chi connectivity index (χ0n) is 19.9. The molecule has 184 valence electrons. The van der Waals surface area contributed by atoms with E-state index in [1.54, 1.807) is 17.5 Å². The minimum atomic E-state index is 0.379. The molecule has 0 bridgehead atoms. The van der Waals surface area contributed by atoms with E-state index in [1.165, 1.54) is 11.8 Å². The molecule has 3 aromatic heterocycles. The number of carbonyl (C=O) groups excluding carboxylic acids is 1. The fourth-order valence-electron chi connectivity index (χ4n) is 4.36. The first-order valence-corrected chi connectivity index (χ1v) is 13.6. The van der Waals surface area contributed by atoms with Crippen LogP contribution < -0.4 is 10.1 Å². The quantitative estimate of drug-likeness (QED) is 0.261. The maximum atomic E-state index is 10.9. The molecule has 4 heterocycles. The molecular formula is C27H27N5O2S2. The first-order valence-electron chi connectivity index (χ1n) is 11.9. The Kier molecular flexibility index (Phi) is 7.90. The summed E-state index contributed by atoms with van der Waals surface area (Å²) >= 11 is 3.10. The van der Waals surface area contributed by atoms with Crippen LogP contribution in [0.1, 0.15) is 25.0 Å². The van der Waals surface area contributed by atoms with Crippen molar-refractivity contribution in [2.24, 2.45) is 5.92 Å². The van der Waals surface area contributed by atoms with Gasteiger partial charge in [-0.2, -0.15) is 0 Å². The number of pyridine rings is 2. The molecule has 1 fully saturated rings. The van der Waals surface area contributed by atoms with Crippen LogP contribution in [0.15, 0.2) is 82.3 Å². The number of ether oxygens (including phenoxy) is 1. The molecule has 1 aliphatic heterocycles. The Morgan fingerprint density at radius 3 is 2.83 bits per heavy atom. The molecule has 1 N–H and O–H groups in total. The van der Waals surface area contributed by atoms with Gasteiger partial charge < -0.3 is 14.8 Å². The number of hydrogen-bond donors (Lipinski definition) is 1. The van der Waals surface area contributed by atoms with Crippen molar-refractivity contribution in [3.05, 3.63) is 78.1 Å². The number of nitrogens with zero attached hydrogens (tertiary/aromatic N) is 4. The molecule has 1 aliphatic rings. The van der Waals surface area contributed by atoms with Crippen molar-refractivity contribution in [3.8, 4) is 11.5 Å². The van der Waals surface area contributed by atoms with E-state index in [1.807, 2.05) is 60.8 Å². The van der Waals surface area contributed by atoms with Gasteiger partial charge in [0.05, 0.1) is 12.2 Å². The van der Waals surface area contributed by atoms with Gasteiger partial charge in [0.1, 0.15) is 17.1 Å². The van der Waals surface area contributed by atoms with Gasteiger partial charge in [-0.1, -0.05) is 43.0 Å². The summed E-state index contributed by atoms with van der Waals surface area (Å²) in [5, 5.41) is 7.18. The molecule has 1 saturated heterocycles. The molecule has 0 amide bonds. The highest BCUT2D eigenvalue weighted by Crippen LogP contribution is 2.38. The number of aromatic nitrogens is 3. The summed E-state index contributed by atoms with van der Waals surface area (Å²) in [6, 6.07) is 17.5. The number of aldehydes is 1. The van der Waals surface area contributed by atoms with E-state index in [2.05, 4.69) is 32.5 Å². The normalized spacial score (nSPS) is 18.0. The zero-order valence-corrected chi connectivity index (χ0v) is 21.5. The Morgan fingerprint density at radius 2 is 2.06 bits per heavy atom. The van der Waals surface area contributed by atoms with Gasteiger partial charge in [0.2, 0.25) is 0 Å². The van der Waals surface area contributed by atoms with Crippen LogP contribution in [0.4, 0.5) is 10.9 Å². The summed E-state index contributed by atoms with van der Waals surface area (Å²) < 4.78 is 6.22. The molecule has 0 radical (unpaired) electrons. The second-order valence-electron chi connectivity index (χ2n) is 8.70. The number of anilines is 2. The van der Waals surface area contributed by atoms with Crippen molar-refractivity contribution in [2.45, 2.75) is 29.2 Å². The fourth-order valence-corrected chi connectivity index (χ4v) is 5.90. The Balaban J connectivity index is 1.35. The van der Waals surface area contributed by atoms with Crippen LogP contribution in [0.2, 0.25) is 0 Å². The lowest BCUT2D eigenvalue weighted by Crippen LogP contribution is -2.39. The largest absolute Gasteiger partial charge is 0.453 e. The van der Waals surface area contributed by atoms with Crippen LogP contribution in [0, 0.1) is 5.92 Å². The number of carbonyl (C=O) groups is 1. The average molecular weight is 518 g/mol. The molecular weight excluding hydrogens is 490 g/mol. The second kappa shape index (κ2) is 11.6. The topological polar surface area (TPSA) is 80.2 Å². The lowest BCUT2D eigenvalue weighted by molar-refractivity contribution is -0.109. The number of benzene rings is 1. The van der Waals surface area contributed by atoms with Crippen molar-refractivity contribution in [1.29, 1.82) is 0 Å². The highest BCUT2D eigenvalue weighted by Gasteiger charge is 2.29. The number of piperidine rings is 1. The van der Waals surface area contributed by atoms with Gasteiger partial charge in [-0.3, -0.25) is 4.90 Å². The first kappa shape index (κ1) is 24.4. The molecule has 7 nitrogen and oxygen atoms in total. The van der Waals surface area contributed by atoms with Gasteiger partial charge in [0.25, 0.3) is 0 Å². The zero-order chi connectivity index (χ0) is 24.7. The predicted molar refractivity (Wildman–Crippen MR) is 144 cm³/mol. The maximum absolute atomic E-state index is 10.9. The number of para-hydroxylation sites is 1. The number of thiazole rings is 1. The van der Waals surface area contributed by atoms with Crippen molar-refractivity contribution in [2.75, 3.05) is 25.0 Å². The van der Waals surface area contributed by atoms with E-state index in [-0.39, 0.29) is 0 Å². The summed E-state index contributed by atoms with van der Waals surface area (Å²) in [6.07, 6.45) is 5.58. The van der Waals surface area contributed by atoms with Crippen LogP contribution in [-0.2, 0) is 4.79 Å². The van der Waals surface area contributed by atoms with Crippen LogP contribution in [0.5, 0.6) is 11.5 Å². The number of rotatable bonds is 9. The van der Waals surface area contributed by atoms with Gasteiger partial charge in [-0.15, -0.1) is 11.3 Å². The Bertz CT molecular complexity index is 1290. The highest BCUT2D eigenvalue weighted by molar-refractivity contribution is 7.99. The Hall–Kier alpha value is -3.27. The molecule has 0 aliphatic carbocycles. The highest BCUT2D eigenvalue weighted by atomic mass is 32.2. The molecule has 2 atom stereocenters. The summed E-state index contributed by atoms with van der Waals surface area (Å²) in [5.41, 5.74) is 1.09. The average Bonchev–Trinajstić information content (AvgIpc) is 3.35. The van der Waals surface area contributed by atoms with Crippen LogP contribution in [0.3, 0.4) is 0 Å². The molecule has 0 spiro atoms. The standard InChI is InChI=1S/C27H27N5O2S2/c1-19-17-32(13-14-33)12-10-22(19)23-18-35-27(30-23)31-26-24(34-20-7-3-2-4-8-20)15-21(16-29-26)36-25-9-5-6-11-28-25/h2-9,11,14-16,18-19,22H,10,12-13,17H2,1H3,(H,29,30,31). The van der Waals surface area contributed by atoms with E-state index < -0.39 is 0 Å². The molecule has 4 aromatic rings. The third-order valence-electron chi connectivity index (χ3n) is 6.11. The van der Waals surface area contributed by atoms with Crippen molar-refractivity contribution >= 4 is 40.3 Å². The van der Waals surface area contributed by atoms with Crippen LogP contribution in [0.25, 0.3) is 0 Å². The maximum Gasteiger partial charge on any atom is 0.188 e. The first-order chi connectivity index (χ1) is 17.7. The van der Waals surface area contributed by atoms with Gasteiger partial charge >= 0.3 is 0 Å². The van der Waals surface area contributed by atoms with Crippen molar-refractivity contribution in [3.63, 3.8) is 0 Å². The molecule has 9 heteroatoms. The number of hydrogen-bond acceptors (Lipinski definition) is 9. The van der Waals surface area contributed by atoms with Gasteiger partial charge in [0.15, 0.2) is 16.7 Å². The third kappa shape index (κ3) is 6.10. The third-order valence-corrected chi connectivity index (χ3v) is 7.79.